The Balaban J connectivity index is 0.000000306. The molecular formula is C19H23FeO2. The van der Waals surface area contributed by atoms with Crippen molar-refractivity contribution in [2.24, 2.45) is 0 Å². The number of para-hydroxylation sites is 2. The van der Waals surface area contributed by atoms with E-state index in [2.05, 4.69) is 16.0 Å². The molecule has 0 saturated carbocycles. The van der Waals surface area contributed by atoms with Crippen molar-refractivity contribution in [2.75, 3.05) is 14.2 Å². The summed E-state index contributed by atoms with van der Waals surface area (Å²) in [7, 11) is 3.32. The van der Waals surface area contributed by atoms with E-state index in [0.717, 1.165) is 11.5 Å². The third-order valence-electron chi connectivity index (χ3n) is 2.33. The van der Waals surface area contributed by atoms with Crippen molar-refractivity contribution >= 4 is 0 Å². The molecule has 0 heterocycles. The van der Waals surface area contributed by atoms with Gasteiger partial charge in [0.2, 0.25) is 0 Å². The molecule has 0 amide bonds. The Morgan fingerprint density at radius 1 is 0.727 bits per heavy atom. The average Bonchev–Trinajstić information content (AvgIpc) is 2.62. The Bertz CT molecular complexity index is 458. The van der Waals surface area contributed by atoms with E-state index in [4.69, 9.17) is 9.47 Å². The third kappa shape index (κ3) is 11.8. The van der Waals surface area contributed by atoms with Crippen LogP contribution in [0.3, 0.4) is 0 Å². The fraction of sp³-hybridized carbons (Fsp3) is 0.158. The molecule has 0 fully saturated rings. The fourth-order valence-electron chi connectivity index (χ4n) is 1.26. The van der Waals surface area contributed by atoms with Crippen molar-refractivity contribution in [1.29, 1.82) is 0 Å². The molecule has 2 aromatic carbocycles. The Kier molecular flexibility index (Phi) is 14.1. The zero-order chi connectivity index (χ0) is 16.5. The third-order valence-corrected chi connectivity index (χ3v) is 2.54. The van der Waals surface area contributed by atoms with Gasteiger partial charge in [-0.15, -0.1) is 0 Å². The summed E-state index contributed by atoms with van der Waals surface area (Å²) < 4.78 is 9.83. The van der Waals surface area contributed by atoms with Gasteiger partial charge in [-0.2, -0.15) is 0 Å². The van der Waals surface area contributed by atoms with Crippen LogP contribution >= 0.6 is 0 Å². The maximum absolute atomic E-state index is 4.91. The van der Waals surface area contributed by atoms with Gasteiger partial charge in [0.15, 0.2) is 0 Å². The molecule has 2 aromatic rings. The Labute approximate surface area is 142 Å². The van der Waals surface area contributed by atoms with Crippen LogP contribution in [0.25, 0.3) is 0 Å². The summed E-state index contributed by atoms with van der Waals surface area (Å²) in [5, 5.41) is 0. The first kappa shape index (κ1) is 20.0. The van der Waals surface area contributed by atoms with Crippen LogP contribution in [0.1, 0.15) is 6.92 Å². The molecule has 0 N–H and O–H groups in total. The molecule has 2 rings (SSSR count). The molecule has 0 spiro atoms. The fourth-order valence-corrected chi connectivity index (χ4v) is 1.39. The van der Waals surface area contributed by atoms with Crippen molar-refractivity contribution in [3.05, 3.63) is 83.9 Å². The van der Waals surface area contributed by atoms with Gasteiger partial charge in [0.05, 0.1) is 14.2 Å². The summed E-state index contributed by atoms with van der Waals surface area (Å²) in [6.07, 6.45) is 5.79. The van der Waals surface area contributed by atoms with Crippen LogP contribution < -0.4 is 9.47 Å². The van der Waals surface area contributed by atoms with E-state index in [-0.39, 0.29) is 0 Å². The number of hydrogen-bond donors (Lipinski definition) is 0. The standard InChI is InChI=1S/2C7H8O.C5H7.Fe/c2*1-8-7-5-3-2-4-6-7;1-3-5-4-2;/h2*2-6H,1H3;1,3-5H,2H3;. The van der Waals surface area contributed by atoms with Crippen LogP contribution in [-0.4, -0.2) is 14.2 Å². The summed E-state index contributed by atoms with van der Waals surface area (Å²) in [5.41, 5.74) is 0. The van der Waals surface area contributed by atoms with Gasteiger partial charge in [0, 0.05) is 0 Å². The number of ether oxygens (including phenoxy) is 2. The van der Waals surface area contributed by atoms with Gasteiger partial charge in [0.1, 0.15) is 11.5 Å². The summed E-state index contributed by atoms with van der Waals surface area (Å²) in [6, 6.07) is 19.4. The van der Waals surface area contributed by atoms with E-state index in [1.807, 2.05) is 85.8 Å². The number of methoxy groups -OCH3 is 2. The second-order valence-corrected chi connectivity index (χ2v) is 4.24. The SMILES string of the molecule is CC=CC=[CH][Fe].COc1ccccc1.COc1ccccc1. The van der Waals surface area contributed by atoms with Crippen molar-refractivity contribution in [3.63, 3.8) is 0 Å². The quantitative estimate of drug-likeness (QED) is 0.578. The predicted molar refractivity (Wildman–Crippen MR) is 89.9 cm³/mol. The summed E-state index contributed by atoms with van der Waals surface area (Å²) in [4.78, 5) is 1.75. The van der Waals surface area contributed by atoms with Crippen molar-refractivity contribution < 1.29 is 25.5 Å². The Hall–Kier alpha value is -1.96. The molecule has 0 unspecified atom stereocenters. The first-order chi connectivity index (χ1) is 10.8. The molecule has 2 nitrogen and oxygen atoms in total. The molecular weight excluding hydrogens is 316 g/mol. The van der Waals surface area contributed by atoms with Crippen molar-refractivity contribution in [3.8, 4) is 11.5 Å². The topological polar surface area (TPSA) is 18.5 Å². The second kappa shape index (κ2) is 15.4. The summed E-state index contributed by atoms with van der Waals surface area (Å²) in [5.74, 6) is 1.82. The molecule has 0 aliphatic carbocycles. The van der Waals surface area contributed by atoms with Crippen molar-refractivity contribution in [2.45, 2.75) is 6.92 Å². The summed E-state index contributed by atoms with van der Waals surface area (Å²) >= 11 is 3.49. The van der Waals surface area contributed by atoms with Gasteiger partial charge < -0.3 is 9.47 Å². The molecule has 0 saturated heterocycles. The van der Waals surface area contributed by atoms with Crippen LogP contribution in [0.4, 0.5) is 0 Å². The smallest absolute Gasteiger partial charge is 0.118 e. The number of allylic oxidation sites excluding steroid dienone is 3. The number of benzene rings is 2. The van der Waals surface area contributed by atoms with Gasteiger partial charge in [-0.3, -0.25) is 0 Å². The first-order valence-electron chi connectivity index (χ1n) is 6.83. The molecule has 119 valence electrons. The molecule has 0 aliphatic heterocycles. The maximum atomic E-state index is 4.91. The molecule has 0 aliphatic rings. The zero-order valence-corrected chi connectivity index (χ0v) is 14.4. The average molecular weight is 339 g/mol. The van der Waals surface area contributed by atoms with E-state index in [1.54, 1.807) is 19.2 Å². The molecule has 0 radical (unpaired) electrons. The molecule has 22 heavy (non-hydrogen) atoms. The Morgan fingerprint density at radius 2 is 1.14 bits per heavy atom. The minimum atomic E-state index is 0.910. The number of rotatable bonds is 3. The van der Waals surface area contributed by atoms with Gasteiger partial charge in [-0.25, -0.2) is 0 Å². The molecule has 0 aromatic heterocycles. The zero-order valence-electron chi connectivity index (χ0n) is 13.3. The Morgan fingerprint density at radius 3 is 1.32 bits per heavy atom. The van der Waals surface area contributed by atoms with E-state index < -0.39 is 0 Å². The van der Waals surface area contributed by atoms with E-state index in [9.17, 15) is 0 Å². The molecule has 0 bridgehead atoms. The largest absolute Gasteiger partial charge is 0.497 e. The summed E-state index contributed by atoms with van der Waals surface area (Å²) in [6.45, 7) is 1.97. The van der Waals surface area contributed by atoms with Gasteiger partial charge in [0.25, 0.3) is 0 Å². The minimum Gasteiger partial charge on any atom is -0.497 e. The normalized spacial score (nSPS) is 9.45. The second-order valence-electron chi connectivity index (χ2n) is 3.87. The maximum Gasteiger partial charge on any atom is 0.118 e. The van der Waals surface area contributed by atoms with Crippen LogP contribution in [0, 0.1) is 0 Å². The number of hydrogen-bond acceptors (Lipinski definition) is 2. The van der Waals surface area contributed by atoms with Crippen molar-refractivity contribution in [1.82, 2.24) is 0 Å². The van der Waals surface area contributed by atoms with Gasteiger partial charge in [-0.05, 0) is 24.3 Å². The molecule has 0 atom stereocenters. The minimum absolute atomic E-state index is 0.910. The van der Waals surface area contributed by atoms with E-state index in [0.29, 0.717) is 0 Å². The van der Waals surface area contributed by atoms with Crippen LogP contribution in [-0.2, 0) is 16.0 Å². The van der Waals surface area contributed by atoms with E-state index >= 15 is 0 Å². The van der Waals surface area contributed by atoms with E-state index in [1.165, 1.54) is 0 Å². The predicted octanol–water partition coefficient (Wildman–Crippen LogP) is 5.01. The monoisotopic (exact) mass is 339 g/mol. The molecule has 3 heteroatoms. The van der Waals surface area contributed by atoms with Crippen LogP contribution in [0.15, 0.2) is 83.9 Å². The van der Waals surface area contributed by atoms with Crippen LogP contribution in [0.5, 0.6) is 11.5 Å². The van der Waals surface area contributed by atoms with Crippen LogP contribution in [0.2, 0.25) is 0 Å². The van der Waals surface area contributed by atoms with Gasteiger partial charge in [-0.1, -0.05) is 36.4 Å². The van der Waals surface area contributed by atoms with Gasteiger partial charge >= 0.3 is 46.1 Å². The first-order valence-corrected chi connectivity index (χ1v) is 7.47.